The number of nitrogens with zero attached hydrogens (tertiary/aromatic N) is 4. The third-order valence-electron chi connectivity index (χ3n) is 5.27. The van der Waals surface area contributed by atoms with Crippen LogP contribution >= 0.6 is 34.5 Å². The zero-order valence-corrected chi connectivity index (χ0v) is 19.8. The van der Waals surface area contributed by atoms with Crippen LogP contribution in [0.1, 0.15) is 23.2 Å². The Morgan fingerprint density at radius 1 is 1.09 bits per heavy atom. The molecule has 1 saturated heterocycles. The first kappa shape index (κ1) is 22.5. The maximum atomic E-state index is 13.0. The van der Waals surface area contributed by atoms with Gasteiger partial charge in [0.05, 0.1) is 10.0 Å². The summed E-state index contributed by atoms with van der Waals surface area (Å²) in [6, 6.07) is 12.1. The first-order valence-electron chi connectivity index (χ1n) is 10.0. The van der Waals surface area contributed by atoms with Gasteiger partial charge in [-0.15, -0.1) is 10.2 Å². The van der Waals surface area contributed by atoms with Crippen LogP contribution < -0.4 is 10.2 Å². The molecule has 4 rings (SSSR count). The van der Waals surface area contributed by atoms with Crippen molar-refractivity contribution < 1.29 is 9.59 Å². The average molecular weight is 490 g/mol. The van der Waals surface area contributed by atoms with Crippen molar-refractivity contribution in [1.82, 2.24) is 15.1 Å². The van der Waals surface area contributed by atoms with Crippen LogP contribution in [0.4, 0.5) is 10.8 Å². The molecule has 0 bridgehead atoms. The van der Waals surface area contributed by atoms with Crippen LogP contribution in [0.3, 0.4) is 0 Å². The van der Waals surface area contributed by atoms with Gasteiger partial charge >= 0.3 is 0 Å². The second kappa shape index (κ2) is 9.44. The van der Waals surface area contributed by atoms with Gasteiger partial charge in [0.15, 0.2) is 0 Å². The number of carbonyl (C=O) groups is 2. The van der Waals surface area contributed by atoms with Crippen molar-refractivity contribution >= 4 is 57.2 Å². The Labute approximate surface area is 200 Å². The monoisotopic (exact) mass is 489 g/mol. The third kappa shape index (κ3) is 4.72. The molecule has 166 valence electrons. The van der Waals surface area contributed by atoms with E-state index in [0.717, 1.165) is 17.7 Å². The molecule has 0 spiro atoms. The van der Waals surface area contributed by atoms with Gasteiger partial charge in [-0.25, -0.2) is 0 Å². The predicted octanol–water partition coefficient (Wildman–Crippen LogP) is 4.82. The lowest BCUT2D eigenvalue weighted by molar-refractivity contribution is -0.119. The van der Waals surface area contributed by atoms with Crippen LogP contribution in [0.25, 0.3) is 10.6 Å². The second-order valence-electron chi connectivity index (χ2n) is 7.63. The zero-order valence-electron chi connectivity index (χ0n) is 17.5. The van der Waals surface area contributed by atoms with Crippen LogP contribution in [0.15, 0.2) is 42.5 Å². The lowest BCUT2D eigenvalue weighted by Crippen LogP contribution is -2.43. The van der Waals surface area contributed by atoms with Crippen molar-refractivity contribution in [1.29, 1.82) is 0 Å². The molecule has 1 N–H and O–H groups in total. The number of aromatic nitrogens is 2. The second-order valence-corrected chi connectivity index (χ2v) is 9.42. The fourth-order valence-corrected chi connectivity index (χ4v) is 4.61. The Morgan fingerprint density at radius 2 is 1.84 bits per heavy atom. The van der Waals surface area contributed by atoms with E-state index in [1.54, 1.807) is 17.0 Å². The molecule has 2 heterocycles. The standard InChI is InChI=1S/C22H21Cl2N5O2S/c1-28(2)15-8-5-13(6-9-15)20-26-27-22(32-20)25-19(30)18-4-3-11-29(18)21(31)14-7-10-16(23)17(24)12-14/h5-10,12,18H,3-4,11H2,1-2H3,(H,25,27,30). The summed E-state index contributed by atoms with van der Waals surface area (Å²) in [6.45, 7) is 0.497. The van der Waals surface area contributed by atoms with E-state index in [1.807, 2.05) is 43.3 Å². The SMILES string of the molecule is CN(C)c1ccc(-c2nnc(NC(=O)C3CCCN3C(=O)c3ccc(Cl)c(Cl)c3)s2)cc1. The molecular formula is C22H21Cl2N5O2S. The Kier molecular flexibility index (Phi) is 6.64. The van der Waals surface area contributed by atoms with Crippen LogP contribution in [0, 0.1) is 0 Å². The predicted molar refractivity (Wildman–Crippen MR) is 129 cm³/mol. The highest BCUT2D eigenvalue weighted by Crippen LogP contribution is 2.29. The van der Waals surface area contributed by atoms with Crippen molar-refractivity contribution in [3.8, 4) is 10.6 Å². The van der Waals surface area contributed by atoms with E-state index in [2.05, 4.69) is 15.5 Å². The highest BCUT2D eigenvalue weighted by molar-refractivity contribution is 7.18. The summed E-state index contributed by atoms with van der Waals surface area (Å²) in [5, 5.41) is 12.9. The molecule has 10 heteroatoms. The summed E-state index contributed by atoms with van der Waals surface area (Å²) in [7, 11) is 3.96. The number of likely N-dealkylation sites (tertiary alicyclic amines) is 1. The molecule has 3 aromatic rings. The molecule has 1 unspecified atom stereocenters. The lowest BCUT2D eigenvalue weighted by Gasteiger charge is -2.23. The molecule has 0 radical (unpaired) electrons. The number of rotatable bonds is 5. The van der Waals surface area contributed by atoms with E-state index in [0.29, 0.717) is 38.7 Å². The van der Waals surface area contributed by atoms with Gasteiger partial charge in [0.25, 0.3) is 5.91 Å². The molecule has 1 aliphatic heterocycles. The van der Waals surface area contributed by atoms with Gasteiger partial charge in [-0.2, -0.15) is 0 Å². The Bertz CT molecular complexity index is 1150. The van der Waals surface area contributed by atoms with Crippen LogP contribution in [-0.4, -0.2) is 53.6 Å². The van der Waals surface area contributed by atoms with Crippen LogP contribution in [0.2, 0.25) is 10.0 Å². The first-order chi connectivity index (χ1) is 15.3. The van der Waals surface area contributed by atoms with Gasteiger partial charge in [0, 0.05) is 37.5 Å². The topological polar surface area (TPSA) is 78.4 Å². The van der Waals surface area contributed by atoms with Crippen LogP contribution in [-0.2, 0) is 4.79 Å². The van der Waals surface area contributed by atoms with Gasteiger partial charge in [-0.05, 0) is 55.3 Å². The summed E-state index contributed by atoms with van der Waals surface area (Å²) in [4.78, 5) is 29.5. The molecule has 2 aromatic carbocycles. The van der Waals surface area contributed by atoms with Crippen molar-refractivity contribution in [2.45, 2.75) is 18.9 Å². The minimum absolute atomic E-state index is 0.250. The summed E-state index contributed by atoms with van der Waals surface area (Å²) in [5.74, 6) is -0.526. The third-order valence-corrected chi connectivity index (χ3v) is 6.90. The van der Waals surface area contributed by atoms with Crippen molar-refractivity contribution in [3.05, 3.63) is 58.1 Å². The number of amides is 2. The number of hydrogen-bond donors (Lipinski definition) is 1. The maximum absolute atomic E-state index is 13.0. The number of halogens is 2. The molecule has 1 aromatic heterocycles. The molecule has 0 aliphatic carbocycles. The van der Waals surface area contributed by atoms with Crippen molar-refractivity contribution in [2.24, 2.45) is 0 Å². The van der Waals surface area contributed by atoms with Gasteiger partial charge < -0.3 is 9.80 Å². The number of nitrogens with one attached hydrogen (secondary N) is 1. The lowest BCUT2D eigenvalue weighted by atomic mass is 10.1. The number of benzene rings is 2. The number of anilines is 2. The molecule has 7 nitrogen and oxygen atoms in total. The highest BCUT2D eigenvalue weighted by atomic mass is 35.5. The summed E-state index contributed by atoms with van der Waals surface area (Å²) < 4.78 is 0. The first-order valence-corrected chi connectivity index (χ1v) is 11.6. The smallest absolute Gasteiger partial charge is 0.254 e. The molecule has 1 aliphatic rings. The number of carbonyl (C=O) groups excluding carboxylic acids is 2. The number of hydrogen-bond acceptors (Lipinski definition) is 6. The molecule has 32 heavy (non-hydrogen) atoms. The van der Waals surface area contributed by atoms with Gasteiger partial charge in [-0.3, -0.25) is 14.9 Å². The van der Waals surface area contributed by atoms with E-state index in [1.165, 1.54) is 17.4 Å². The maximum Gasteiger partial charge on any atom is 0.254 e. The molecule has 0 saturated carbocycles. The molecule has 1 fully saturated rings. The summed E-state index contributed by atoms with van der Waals surface area (Å²) >= 11 is 13.3. The van der Waals surface area contributed by atoms with Crippen molar-refractivity contribution in [3.63, 3.8) is 0 Å². The summed E-state index contributed by atoms with van der Waals surface area (Å²) in [6.07, 6.45) is 1.32. The average Bonchev–Trinajstić information content (AvgIpc) is 3.45. The van der Waals surface area contributed by atoms with E-state index in [9.17, 15) is 9.59 Å². The Balaban J connectivity index is 1.45. The van der Waals surface area contributed by atoms with E-state index in [-0.39, 0.29) is 11.8 Å². The quantitative estimate of drug-likeness (QED) is 0.555. The fourth-order valence-electron chi connectivity index (χ4n) is 3.56. The van der Waals surface area contributed by atoms with E-state index >= 15 is 0 Å². The van der Waals surface area contributed by atoms with Crippen LogP contribution in [0.5, 0.6) is 0 Å². The van der Waals surface area contributed by atoms with E-state index < -0.39 is 6.04 Å². The summed E-state index contributed by atoms with van der Waals surface area (Å²) in [5.41, 5.74) is 2.41. The van der Waals surface area contributed by atoms with Crippen molar-refractivity contribution in [2.75, 3.05) is 30.9 Å². The molecule has 2 amide bonds. The normalized spacial score (nSPS) is 15.6. The van der Waals surface area contributed by atoms with Gasteiger partial charge in [0.2, 0.25) is 11.0 Å². The fraction of sp³-hybridized carbons (Fsp3) is 0.273. The highest BCUT2D eigenvalue weighted by Gasteiger charge is 2.35. The van der Waals surface area contributed by atoms with Gasteiger partial charge in [0.1, 0.15) is 11.0 Å². The molecular weight excluding hydrogens is 469 g/mol. The minimum Gasteiger partial charge on any atom is -0.378 e. The van der Waals surface area contributed by atoms with Gasteiger partial charge in [-0.1, -0.05) is 34.5 Å². The molecule has 1 atom stereocenters. The largest absolute Gasteiger partial charge is 0.378 e. The Hall–Kier alpha value is -2.68. The van der Waals surface area contributed by atoms with E-state index in [4.69, 9.17) is 23.2 Å². The Morgan fingerprint density at radius 3 is 2.53 bits per heavy atom. The zero-order chi connectivity index (χ0) is 22.8. The minimum atomic E-state index is -0.580.